The molecule has 0 radical (unpaired) electrons. The summed E-state index contributed by atoms with van der Waals surface area (Å²) in [4.78, 5) is 12.6. The number of amides is 1. The maximum Gasteiger partial charge on any atom is 0.225 e. The van der Waals surface area contributed by atoms with Gasteiger partial charge in [-0.3, -0.25) is 4.79 Å². The first-order chi connectivity index (χ1) is 11.0. The van der Waals surface area contributed by atoms with E-state index in [1.165, 1.54) is 0 Å². The van der Waals surface area contributed by atoms with Gasteiger partial charge in [-0.15, -0.1) is 12.4 Å². The molecule has 1 aromatic carbocycles. The molecule has 1 amide bonds. The van der Waals surface area contributed by atoms with E-state index in [9.17, 15) is 4.79 Å². The molecule has 1 aliphatic carbocycles. The van der Waals surface area contributed by atoms with Gasteiger partial charge in [0.2, 0.25) is 5.91 Å². The highest BCUT2D eigenvalue weighted by atomic mass is 35.5. The van der Waals surface area contributed by atoms with Crippen molar-refractivity contribution in [2.24, 2.45) is 11.7 Å². The van der Waals surface area contributed by atoms with E-state index in [0.29, 0.717) is 13.2 Å². The van der Waals surface area contributed by atoms with Crippen LogP contribution < -0.4 is 20.5 Å². The van der Waals surface area contributed by atoms with Crippen LogP contribution in [0.1, 0.15) is 45.1 Å². The van der Waals surface area contributed by atoms with Gasteiger partial charge in [0.1, 0.15) is 13.2 Å². The van der Waals surface area contributed by atoms with E-state index in [-0.39, 0.29) is 35.8 Å². The number of halogens is 1. The van der Waals surface area contributed by atoms with E-state index < -0.39 is 0 Å². The summed E-state index contributed by atoms with van der Waals surface area (Å²) < 4.78 is 11.3. The first kappa shape index (κ1) is 18.9. The zero-order chi connectivity index (χ0) is 16.4. The molecule has 0 spiro atoms. The number of carbonyl (C=O) groups is 1. The number of hydrogen-bond donors (Lipinski definition) is 2. The van der Waals surface area contributed by atoms with E-state index in [0.717, 1.165) is 42.7 Å². The lowest BCUT2D eigenvalue weighted by atomic mass is 9.86. The van der Waals surface area contributed by atoms with E-state index in [1.54, 1.807) is 0 Å². The van der Waals surface area contributed by atoms with Gasteiger partial charge in [-0.1, -0.05) is 25.8 Å². The van der Waals surface area contributed by atoms with Crippen LogP contribution in [0.5, 0.6) is 11.5 Å². The molecule has 3 N–H and O–H groups in total. The predicted octanol–water partition coefficient (Wildman–Crippen LogP) is 2.75. The van der Waals surface area contributed by atoms with Crippen LogP contribution in [0.4, 0.5) is 0 Å². The van der Waals surface area contributed by atoms with Gasteiger partial charge in [-0.05, 0) is 37.5 Å². The van der Waals surface area contributed by atoms with Gasteiger partial charge >= 0.3 is 0 Å². The number of fused-ring (bicyclic) bond motifs is 1. The highest BCUT2D eigenvalue weighted by Crippen LogP contribution is 2.42. The van der Waals surface area contributed by atoms with Crippen molar-refractivity contribution in [3.63, 3.8) is 0 Å². The van der Waals surface area contributed by atoms with Gasteiger partial charge in [-0.2, -0.15) is 0 Å². The van der Waals surface area contributed by atoms with Crippen LogP contribution in [0.25, 0.3) is 0 Å². The predicted molar refractivity (Wildman–Crippen MR) is 95.8 cm³/mol. The monoisotopic (exact) mass is 354 g/mol. The first-order valence-electron chi connectivity index (χ1n) is 8.49. The minimum Gasteiger partial charge on any atom is -0.486 e. The maximum atomic E-state index is 12.6. The van der Waals surface area contributed by atoms with Crippen molar-refractivity contribution in [2.45, 2.75) is 51.1 Å². The van der Waals surface area contributed by atoms with Crippen LogP contribution in [0, 0.1) is 5.92 Å². The number of ether oxygens (including phenoxy) is 2. The molecular weight excluding hydrogens is 328 g/mol. The lowest BCUT2D eigenvalue weighted by Crippen LogP contribution is -2.48. The zero-order valence-corrected chi connectivity index (χ0v) is 15.2. The zero-order valence-electron chi connectivity index (χ0n) is 14.3. The summed E-state index contributed by atoms with van der Waals surface area (Å²) in [5.74, 6) is 1.37. The van der Waals surface area contributed by atoms with Gasteiger partial charge in [0.05, 0.1) is 5.54 Å². The Balaban J connectivity index is 0.00000208. The molecule has 2 aliphatic rings. The summed E-state index contributed by atoms with van der Waals surface area (Å²) in [5.41, 5.74) is 6.68. The van der Waals surface area contributed by atoms with Crippen molar-refractivity contribution < 1.29 is 14.3 Å². The highest BCUT2D eigenvalue weighted by Gasteiger charge is 2.39. The molecule has 1 fully saturated rings. The Morgan fingerprint density at radius 1 is 1.17 bits per heavy atom. The Hall–Kier alpha value is -1.46. The summed E-state index contributed by atoms with van der Waals surface area (Å²) >= 11 is 0. The lowest BCUT2D eigenvalue weighted by Gasteiger charge is -2.33. The van der Waals surface area contributed by atoms with Crippen molar-refractivity contribution in [1.29, 1.82) is 0 Å². The molecule has 1 heterocycles. The normalized spacial score (nSPS) is 20.6. The molecule has 2 unspecified atom stereocenters. The molecule has 5 nitrogen and oxygen atoms in total. The molecule has 3 rings (SSSR count). The van der Waals surface area contributed by atoms with Crippen LogP contribution in [0.2, 0.25) is 0 Å². The molecule has 1 aromatic rings. The Morgan fingerprint density at radius 3 is 2.42 bits per heavy atom. The van der Waals surface area contributed by atoms with Crippen molar-refractivity contribution in [3.05, 3.63) is 23.8 Å². The van der Waals surface area contributed by atoms with Gasteiger partial charge < -0.3 is 20.5 Å². The summed E-state index contributed by atoms with van der Waals surface area (Å²) in [5, 5.41) is 3.28. The van der Waals surface area contributed by atoms with E-state index in [2.05, 4.69) is 11.4 Å². The Labute approximate surface area is 149 Å². The van der Waals surface area contributed by atoms with Crippen molar-refractivity contribution in [2.75, 3.05) is 13.2 Å². The Morgan fingerprint density at radius 2 is 1.79 bits per heavy atom. The van der Waals surface area contributed by atoms with E-state index in [4.69, 9.17) is 15.2 Å². The largest absolute Gasteiger partial charge is 0.486 e. The summed E-state index contributed by atoms with van der Waals surface area (Å²) in [6, 6.07) is 5.87. The number of benzene rings is 1. The van der Waals surface area contributed by atoms with Crippen molar-refractivity contribution >= 4 is 18.3 Å². The minimum absolute atomic E-state index is 0. The molecule has 6 heteroatoms. The molecule has 1 saturated carbocycles. The minimum atomic E-state index is -0.309. The molecule has 0 bridgehead atoms. The molecular formula is C18H27ClN2O3. The van der Waals surface area contributed by atoms with Crippen LogP contribution in [-0.2, 0) is 10.3 Å². The quantitative estimate of drug-likeness (QED) is 0.872. The molecule has 1 aliphatic heterocycles. The molecule has 0 saturated heterocycles. The third-order valence-corrected chi connectivity index (χ3v) is 5.12. The molecule has 24 heavy (non-hydrogen) atoms. The van der Waals surface area contributed by atoms with Crippen molar-refractivity contribution in [1.82, 2.24) is 5.32 Å². The fraction of sp³-hybridized carbons (Fsp3) is 0.611. The SMILES string of the molecule is CC(N)C(C)C(=O)NC1(c2ccc3c(c2)OCCO3)CCCC1.Cl. The van der Waals surface area contributed by atoms with Gasteiger partial charge in [0.25, 0.3) is 0 Å². The summed E-state index contributed by atoms with van der Waals surface area (Å²) in [6.45, 7) is 4.90. The average molecular weight is 355 g/mol. The topological polar surface area (TPSA) is 73.6 Å². The van der Waals surface area contributed by atoms with E-state index >= 15 is 0 Å². The van der Waals surface area contributed by atoms with Crippen molar-refractivity contribution in [3.8, 4) is 11.5 Å². The Bertz CT molecular complexity index is 586. The molecule has 0 aromatic heterocycles. The second kappa shape index (κ2) is 7.62. The van der Waals surface area contributed by atoms with Crippen LogP contribution in [0.3, 0.4) is 0 Å². The smallest absolute Gasteiger partial charge is 0.225 e. The first-order valence-corrected chi connectivity index (χ1v) is 8.49. The van der Waals surface area contributed by atoms with Crippen LogP contribution in [-0.4, -0.2) is 25.2 Å². The summed E-state index contributed by atoms with van der Waals surface area (Å²) in [6.07, 6.45) is 4.12. The highest BCUT2D eigenvalue weighted by molar-refractivity contribution is 5.85. The number of carbonyl (C=O) groups excluding carboxylic acids is 1. The molecule has 2 atom stereocenters. The van der Waals surface area contributed by atoms with Gasteiger partial charge in [0.15, 0.2) is 11.5 Å². The maximum absolute atomic E-state index is 12.6. The number of nitrogens with one attached hydrogen (secondary N) is 1. The van der Waals surface area contributed by atoms with Crippen LogP contribution in [0.15, 0.2) is 18.2 Å². The summed E-state index contributed by atoms with van der Waals surface area (Å²) in [7, 11) is 0. The fourth-order valence-corrected chi connectivity index (χ4v) is 3.39. The number of nitrogens with two attached hydrogens (primary N) is 1. The lowest BCUT2D eigenvalue weighted by molar-refractivity contribution is -0.127. The third kappa shape index (κ3) is 3.62. The fourth-order valence-electron chi connectivity index (χ4n) is 3.39. The molecule has 134 valence electrons. The second-order valence-electron chi connectivity index (χ2n) is 6.78. The standard InChI is InChI=1S/C18H26N2O3.ClH/c1-12(13(2)19)17(21)20-18(7-3-4-8-18)14-5-6-15-16(11-14)23-10-9-22-15;/h5-6,11-13H,3-4,7-10,19H2,1-2H3,(H,20,21);1H. The van der Waals surface area contributed by atoms with Gasteiger partial charge in [-0.25, -0.2) is 0 Å². The number of hydrogen-bond acceptors (Lipinski definition) is 4. The average Bonchev–Trinajstić information content (AvgIpc) is 3.03. The number of rotatable bonds is 4. The second-order valence-corrected chi connectivity index (χ2v) is 6.78. The Kier molecular flexibility index (Phi) is 5.99. The van der Waals surface area contributed by atoms with E-state index in [1.807, 2.05) is 26.0 Å². The van der Waals surface area contributed by atoms with Crippen LogP contribution >= 0.6 is 12.4 Å². The third-order valence-electron chi connectivity index (χ3n) is 5.12. The van der Waals surface area contributed by atoms with Gasteiger partial charge in [0, 0.05) is 12.0 Å².